The number of rotatable bonds is 8. The molecule has 0 aromatic heterocycles. The number of hydrogen-bond acceptors (Lipinski definition) is 6. The highest BCUT2D eigenvalue weighted by molar-refractivity contribution is 7.89. The van der Waals surface area contributed by atoms with Crippen LogP contribution < -0.4 is 14.9 Å². The van der Waals surface area contributed by atoms with E-state index in [1.165, 1.54) is 32.5 Å². The van der Waals surface area contributed by atoms with Crippen molar-refractivity contribution in [2.45, 2.75) is 11.8 Å². The molecule has 1 N–H and O–H groups in total. The summed E-state index contributed by atoms with van der Waals surface area (Å²) in [6.07, 6.45) is 1.46. The van der Waals surface area contributed by atoms with Crippen molar-refractivity contribution in [2.75, 3.05) is 27.8 Å². The number of hydrogen-bond donors (Lipinski definition) is 1. The van der Waals surface area contributed by atoms with E-state index in [1.807, 2.05) is 0 Å². The number of likely N-dealkylation sites (N-methyl/N-ethyl adjacent to an activating group) is 1. The van der Waals surface area contributed by atoms with Crippen LogP contribution in [0.15, 0.2) is 52.5 Å². The molecular weight excluding hydrogens is 382 g/mol. The van der Waals surface area contributed by atoms with E-state index < -0.39 is 15.9 Å². The molecule has 0 radical (unpaired) electrons. The maximum absolute atomic E-state index is 12.6. The molecule has 2 aromatic carbocycles. The molecule has 0 bridgehead atoms. The Labute approximate surface area is 164 Å². The van der Waals surface area contributed by atoms with Crippen molar-refractivity contribution in [3.8, 4) is 11.5 Å². The van der Waals surface area contributed by atoms with Crippen LogP contribution in [-0.2, 0) is 14.8 Å². The standard InChI is InChI=1S/C19H23N3O5S/c1-14-11-17(9-10-18(14)27-4)28(24,25)22(2)13-19(23)21-20-12-15-5-7-16(26-3)8-6-15/h5-12H,13H2,1-4H3,(H,21,23)/b20-12+. The summed E-state index contributed by atoms with van der Waals surface area (Å²) in [6.45, 7) is 1.38. The third kappa shape index (κ3) is 5.30. The van der Waals surface area contributed by atoms with Gasteiger partial charge in [-0.1, -0.05) is 0 Å². The average molecular weight is 405 g/mol. The molecule has 8 nitrogen and oxygen atoms in total. The number of sulfonamides is 1. The molecule has 0 saturated carbocycles. The first-order valence-electron chi connectivity index (χ1n) is 8.35. The van der Waals surface area contributed by atoms with Crippen LogP contribution in [-0.4, -0.2) is 52.7 Å². The topological polar surface area (TPSA) is 97.3 Å². The lowest BCUT2D eigenvalue weighted by Gasteiger charge is -2.17. The lowest BCUT2D eigenvalue weighted by atomic mass is 10.2. The molecule has 2 rings (SSSR count). The maximum atomic E-state index is 12.6. The molecule has 28 heavy (non-hydrogen) atoms. The summed E-state index contributed by atoms with van der Waals surface area (Å²) >= 11 is 0. The minimum absolute atomic E-state index is 0.0860. The molecule has 0 atom stereocenters. The number of nitrogens with zero attached hydrogens (tertiary/aromatic N) is 2. The molecule has 0 saturated heterocycles. The zero-order valence-electron chi connectivity index (χ0n) is 16.2. The first kappa shape index (κ1) is 21.4. The van der Waals surface area contributed by atoms with E-state index in [0.29, 0.717) is 17.1 Å². The van der Waals surface area contributed by atoms with E-state index >= 15 is 0 Å². The van der Waals surface area contributed by atoms with Crippen molar-refractivity contribution >= 4 is 22.1 Å². The van der Waals surface area contributed by atoms with Gasteiger partial charge in [0.05, 0.1) is 31.9 Å². The number of methoxy groups -OCH3 is 2. The highest BCUT2D eigenvalue weighted by Crippen LogP contribution is 2.23. The highest BCUT2D eigenvalue weighted by atomic mass is 32.2. The van der Waals surface area contributed by atoms with Gasteiger partial charge in [-0.2, -0.15) is 9.41 Å². The summed E-state index contributed by atoms with van der Waals surface area (Å²) < 4.78 is 36.4. The van der Waals surface area contributed by atoms with E-state index in [2.05, 4.69) is 10.5 Å². The Hall–Kier alpha value is -2.91. The third-order valence-corrected chi connectivity index (χ3v) is 5.76. The molecule has 0 heterocycles. The van der Waals surface area contributed by atoms with Crippen LogP contribution in [0.2, 0.25) is 0 Å². The predicted octanol–water partition coefficient (Wildman–Crippen LogP) is 1.78. The quantitative estimate of drug-likeness (QED) is 0.533. The van der Waals surface area contributed by atoms with Crippen molar-refractivity contribution < 1.29 is 22.7 Å². The Balaban J connectivity index is 1.98. The summed E-state index contributed by atoms with van der Waals surface area (Å²) in [5.41, 5.74) is 3.76. The van der Waals surface area contributed by atoms with E-state index in [9.17, 15) is 13.2 Å². The van der Waals surface area contributed by atoms with Crippen molar-refractivity contribution in [3.05, 3.63) is 53.6 Å². The fourth-order valence-corrected chi connectivity index (χ4v) is 3.60. The van der Waals surface area contributed by atoms with Gasteiger partial charge in [0.1, 0.15) is 11.5 Å². The molecule has 1 amide bonds. The van der Waals surface area contributed by atoms with Crippen LogP contribution in [0.3, 0.4) is 0 Å². The summed E-state index contributed by atoms with van der Waals surface area (Å²) in [5.74, 6) is 0.745. The summed E-state index contributed by atoms with van der Waals surface area (Å²) in [7, 11) is 0.604. The van der Waals surface area contributed by atoms with Gasteiger partial charge in [-0.15, -0.1) is 0 Å². The van der Waals surface area contributed by atoms with Crippen molar-refractivity contribution in [1.82, 2.24) is 9.73 Å². The van der Waals surface area contributed by atoms with Crippen LogP contribution in [0.5, 0.6) is 11.5 Å². The van der Waals surface area contributed by atoms with Crippen LogP contribution in [0.1, 0.15) is 11.1 Å². The molecule has 9 heteroatoms. The van der Waals surface area contributed by atoms with E-state index in [1.54, 1.807) is 44.4 Å². The molecule has 0 unspecified atom stereocenters. The Morgan fingerprint density at radius 3 is 2.39 bits per heavy atom. The van der Waals surface area contributed by atoms with Gasteiger partial charge in [0.15, 0.2) is 0 Å². The Bertz CT molecular complexity index is 956. The maximum Gasteiger partial charge on any atom is 0.255 e. The van der Waals surface area contributed by atoms with Gasteiger partial charge >= 0.3 is 0 Å². The summed E-state index contributed by atoms with van der Waals surface area (Å²) in [6, 6.07) is 11.6. The largest absolute Gasteiger partial charge is 0.497 e. The van der Waals surface area contributed by atoms with Crippen LogP contribution in [0.25, 0.3) is 0 Å². The zero-order chi connectivity index (χ0) is 20.7. The Kier molecular flexibility index (Phi) is 7.13. The number of carbonyl (C=O) groups excluding carboxylic acids is 1. The van der Waals surface area contributed by atoms with Crippen molar-refractivity contribution in [3.63, 3.8) is 0 Å². The lowest BCUT2D eigenvalue weighted by molar-refractivity contribution is -0.121. The van der Waals surface area contributed by atoms with Gasteiger partial charge in [0.2, 0.25) is 10.0 Å². The number of aryl methyl sites for hydroxylation is 1. The van der Waals surface area contributed by atoms with Gasteiger partial charge in [-0.3, -0.25) is 4.79 Å². The number of ether oxygens (including phenoxy) is 2. The fraction of sp³-hybridized carbons (Fsp3) is 0.263. The van der Waals surface area contributed by atoms with Crippen LogP contribution >= 0.6 is 0 Å². The van der Waals surface area contributed by atoms with Gasteiger partial charge in [0.25, 0.3) is 5.91 Å². The van der Waals surface area contributed by atoms with E-state index in [-0.39, 0.29) is 11.4 Å². The van der Waals surface area contributed by atoms with Crippen molar-refractivity contribution in [2.24, 2.45) is 5.10 Å². The number of carbonyl (C=O) groups is 1. The second-order valence-corrected chi connectivity index (χ2v) is 8.00. The Morgan fingerprint density at radius 1 is 1.14 bits per heavy atom. The SMILES string of the molecule is COc1ccc(/C=N/NC(=O)CN(C)S(=O)(=O)c2ccc(OC)c(C)c2)cc1. The van der Waals surface area contributed by atoms with Gasteiger partial charge in [-0.25, -0.2) is 13.8 Å². The van der Waals surface area contributed by atoms with Crippen LogP contribution in [0.4, 0.5) is 0 Å². The van der Waals surface area contributed by atoms with E-state index in [4.69, 9.17) is 9.47 Å². The number of benzene rings is 2. The van der Waals surface area contributed by atoms with Gasteiger partial charge in [-0.05, 0) is 60.5 Å². The first-order chi connectivity index (χ1) is 13.3. The average Bonchev–Trinajstić information content (AvgIpc) is 2.68. The fourth-order valence-electron chi connectivity index (χ4n) is 2.38. The summed E-state index contributed by atoms with van der Waals surface area (Å²) in [5, 5.41) is 3.84. The second-order valence-electron chi connectivity index (χ2n) is 5.96. The molecule has 2 aromatic rings. The minimum atomic E-state index is -3.82. The summed E-state index contributed by atoms with van der Waals surface area (Å²) in [4.78, 5) is 12.1. The molecular formula is C19H23N3O5S. The monoisotopic (exact) mass is 405 g/mol. The zero-order valence-corrected chi connectivity index (χ0v) is 17.0. The van der Waals surface area contributed by atoms with Gasteiger partial charge < -0.3 is 9.47 Å². The number of nitrogens with one attached hydrogen (secondary N) is 1. The minimum Gasteiger partial charge on any atom is -0.497 e. The molecule has 150 valence electrons. The first-order valence-corrected chi connectivity index (χ1v) is 9.79. The predicted molar refractivity (Wildman–Crippen MR) is 106 cm³/mol. The molecule has 0 aliphatic heterocycles. The second kappa shape index (κ2) is 9.34. The molecule has 0 aliphatic carbocycles. The van der Waals surface area contributed by atoms with E-state index in [0.717, 1.165) is 9.87 Å². The number of amides is 1. The lowest BCUT2D eigenvalue weighted by Crippen LogP contribution is -2.36. The molecule has 0 fully saturated rings. The van der Waals surface area contributed by atoms with Crippen LogP contribution in [0, 0.1) is 6.92 Å². The Morgan fingerprint density at radius 2 is 1.82 bits per heavy atom. The smallest absolute Gasteiger partial charge is 0.255 e. The third-order valence-electron chi connectivity index (χ3n) is 3.96. The van der Waals surface area contributed by atoms with Gasteiger partial charge in [0, 0.05) is 7.05 Å². The highest BCUT2D eigenvalue weighted by Gasteiger charge is 2.23. The van der Waals surface area contributed by atoms with Crippen molar-refractivity contribution in [1.29, 1.82) is 0 Å². The molecule has 0 aliphatic rings. The normalized spacial score (nSPS) is 11.6. The number of hydrazone groups is 1. The molecule has 0 spiro atoms.